The monoisotopic (exact) mass is 405 g/mol. The Balaban J connectivity index is 3.00. The highest BCUT2D eigenvalue weighted by Gasteiger charge is 2.22. The van der Waals surface area contributed by atoms with Crippen molar-refractivity contribution < 1.29 is 14.5 Å². The lowest BCUT2D eigenvalue weighted by Crippen LogP contribution is -2.24. The maximum absolute atomic E-state index is 12.6. The SMILES string of the molecule is CCCC[C@@H](CC)C(=O)Nc1ccc([N+](=O)[O-])c(NC(=O)[C@H](CC)CCCC)c1. The van der Waals surface area contributed by atoms with Gasteiger partial charge in [-0.3, -0.25) is 19.7 Å². The number of amides is 2. The molecule has 0 saturated heterocycles. The minimum Gasteiger partial charge on any atom is -0.326 e. The molecule has 2 N–H and O–H groups in total. The first kappa shape index (κ1) is 24.6. The number of carbonyl (C=O) groups excluding carboxylic acids is 2. The summed E-state index contributed by atoms with van der Waals surface area (Å²) < 4.78 is 0. The van der Waals surface area contributed by atoms with Gasteiger partial charge in [0, 0.05) is 23.6 Å². The number of nitrogens with zero attached hydrogens (tertiary/aromatic N) is 1. The van der Waals surface area contributed by atoms with Crippen LogP contribution in [0.15, 0.2) is 18.2 Å². The molecule has 7 nitrogen and oxygen atoms in total. The molecule has 2 amide bonds. The summed E-state index contributed by atoms with van der Waals surface area (Å²) in [6.45, 7) is 8.06. The summed E-state index contributed by atoms with van der Waals surface area (Å²) in [4.78, 5) is 36.0. The van der Waals surface area contributed by atoms with Gasteiger partial charge in [-0.25, -0.2) is 0 Å². The summed E-state index contributed by atoms with van der Waals surface area (Å²) in [6, 6.07) is 4.31. The summed E-state index contributed by atoms with van der Waals surface area (Å²) in [6.07, 6.45) is 6.88. The highest BCUT2D eigenvalue weighted by molar-refractivity contribution is 5.97. The van der Waals surface area contributed by atoms with Gasteiger partial charge < -0.3 is 10.6 Å². The van der Waals surface area contributed by atoms with E-state index in [0.29, 0.717) is 12.1 Å². The van der Waals surface area contributed by atoms with Gasteiger partial charge in [-0.2, -0.15) is 0 Å². The van der Waals surface area contributed by atoms with Crippen molar-refractivity contribution >= 4 is 28.9 Å². The van der Waals surface area contributed by atoms with E-state index in [1.54, 1.807) is 0 Å². The molecular weight excluding hydrogens is 370 g/mol. The fourth-order valence-electron chi connectivity index (χ4n) is 3.29. The lowest BCUT2D eigenvalue weighted by molar-refractivity contribution is -0.383. The number of anilines is 2. The first-order valence-electron chi connectivity index (χ1n) is 10.8. The van der Waals surface area contributed by atoms with E-state index in [1.807, 2.05) is 13.8 Å². The Bertz CT molecular complexity index is 691. The first-order chi connectivity index (χ1) is 13.9. The molecule has 29 heavy (non-hydrogen) atoms. The van der Waals surface area contributed by atoms with E-state index in [1.165, 1.54) is 18.2 Å². The molecule has 0 heterocycles. The summed E-state index contributed by atoms with van der Waals surface area (Å²) in [5.74, 6) is -0.601. The first-order valence-corrected chi connectivity index (χ1v) is 10.8. The second-order valence-corrected chi connectivity index (χ2v) is 7.46. The number of hydrogen-bond donors (Lipinski definition) is 2. The van der Waals surface area contributed by atoms with E-state index in [0.717, 1.165) is 44.9 Å². The van der Waals surface area contributed by atoms with Crippen LogP contribution in [0, 0.1) is 22.0 Å². The van der Waals surface area contributed by atoms with E-state index >= 15 is 0 Å². The number of nitro groups is 1. The third kappa shape index (κ3) is 7.83. The van der Waals surface area contributed by atoms with Gasteiger partial charge in [0.05, 0.1) is 4.92 Å². The van der Waals surface area contributed by atoms with Crippen LogP contribution < -0.4 is 10.6 Å². The quantitative estimate of drug-likeness (QED) is 0.315. The molecule has 162 valence electrons. The maximum Gasteiger partial charge on any atom is 0.292 e. The molecule has 0 fully saturated rings. The molecule has 0 unspecified atom stereocenters. The zero-order valence-electron chi connectivity index (χ0n) is 18.1. The molecule has 7 heteroatoms. The van der Waals surface area contributed by atoms with Crippen LogP contribution in [0.4, 0.5) is 17.1 Å². The van der Waals surface area contributed by atoms with Gasteiger partial charge in [0.1, 0.15) is 5.69 Å². The van der Waals surface area contributed by atoms with Crippen molar-refractivity contribution in [3.05, 3.63) is 28.3 Å². The summed E-state index contributed by atoms with van der Waals surface area (Å²) in [5.41, 5.74) is 0.390. The number of hydrogen-bond acceptors (Lipinski definition) is 4. The lowest BCUT2D eigenvalue weighted by atomic mass is 9.98. The number of nitrogens with one attached hydrogen (secondary N) is 2. The smallest absolute Gasteiger partial charge is 0.292 e. The predicted octanol–water partition coefficient (Wildman–Crippen LogP) is 5.90. The average Bonchev–Trinajstić information content (AvgIpc) is 2.69. The van der Waals surface area contributed by atoms with Crippen LogP contribution in [-0.2, 0) is 9.59 Å². The largest absolute Gasteiger partial charge is 0.326 e. The third-order valence-corrected chi connectivity index (χ3v) is 5.26. The van der Waals surface area contributed by atoms with Crippen LogP contribution >= 0.6 is 0 Å². The lowest BCUT2D eigenvalue weighted by Gasteiger charge is -2.17. The third-order valence-electron chi connectivity index (χ3n) is 5.26. The van der Waals surface area contributed by atoms with Crippen LogP contribution in [0.25, 0.3) is 0 Å². The van der Waals surface area contributed by atoms with Gasteiger partial charge in [0.15, 0.2) is 0 Å². The average molecular weight is 406 g/mol. The Labute approximate surface area is 173 Å². The summed E-state index contributed by atoms with van der Waals surface area (Å²) >= 11 is 0. The van der Waals surface area contributed by atoms with Crippen LogP contribution in [0.1, 0.15) is 79.1 Å². The molecule has 0 saturated carbocycles. The zero-order chi connectivity index (χ0) is 21.8. The Hall–Kier alpha value is -2.44. The van der Waals surface area contributed by atoms with Crippen molar-refractivity contribution in [3.8, 4) is 0 Å². The molecule has 0 aliphatic carbocycles. The molecule has 0 aliphatic rings. The van der Waals surface area contributed by atoms with Crippen molar-refractivity contribution in [1.82, 2.24) is 0 Å². The van der Waals surface area contributed by atoms with Crippen LogP contribution in [0.2, 0.25) is 0 Å². The predicted molar refractivity (Wildman–Crippen MR) is 117 cm³/mol. The number of carbonyl (C=O) groups is 2. The number of rotatable bonds is 13. The fraction of sp³-hybridized carbons (Fsp3) is 0.636. The number of unbranched alkanes of at least 4 members (excludes halogenated alkanes) is 2. The summed E-state index contributed by atoms with van der Waals surface area (Å²) in [7, 11) is 0. The zero-order valence-corrected chi connectivity index (χ0v) is 18.1. The van der Waals surface area contributed by atoms with Gasteiger partial charge in [0.25, 0.3) is 5.69 Å². The molecule has 0 spiro atoms. The molecule has 1 rings (SSSR count). The highest BCUT2D eigenvalue weighted by atomic mass is 16.6. The molecule has 0 radical (unpaired) electrons. The Kier molecular flexibility index (Phi) is 10.9. The Morgan fingerprint density at radius 2 is 1.45 bits per heavy atom. The van der Waals surface area contributed by atoms with Crippen LogP contribution in [0.3, 0.4) is 0 Å². The van der Waals surface area contributed by atoms with Crippen molar-refractivity contribution in [2.45, 2.75) is 79.1 Å². The van der Waals surface area contributed by atoms with Gasteiger partial charge in [-0.15, -0.1) is 0 Å². The molecule has 0 aromatic heterocycles. The number of benzene rings is 1. The topological polar surface area (TPSA) is 101 Å². The van der Waals surface area contributed by atoms with E-state index in [9.17, 15) is 19.7 Å². The maximum atomic E-state index is 12.6. The van der Waals surface area contributed by atoms with Crippen molar-refractivity contribution in [2.75, 3.05) is 10.6 Å². The van der Waals surface area contributed by atoms with Crippen molar-refractivity contribution in [2.24, 2.45) is 11.8 Å². The minimum absolute atomic E-state index is 0.0956. The van der Waals surface area contributed by atoms with E-state index in [-0.39, 0.29) is 35.0 Å². The molecule has 1 aromatic carbocycles. The second kappa shape index (κ2) is 12.9. The van der Waals surface area contributed by atoms with Crippen molar-refractivity contribution in [1.29, 1.82) is 0 Å². The fourth-order valence-corrected chi connectivity index (χ4v) is 3.29. The molecular formula is C22H35N3O4. The van der Waals surface area contributed by atoms with E-state index < -0.39 is 4.92 Å². The molecule has 1 aromatic rings. The normalized spacial score (nSPS) is 12.8. The number of nitro benzene ring substituents is 1. The van der Waals surface area contributed by atoms with Crippen LogP contribution in [0.5, 0.6) is 0 Å². The van der Waals surface area contributed by atoms with Crippen LogP contribution in [-0.4, -0.2) is 16.7 Å². The molecule has 0 bridgehead atoms. The second-order valence-electron chi connectivity index (χ2n) is 7.46. The molecule has 2 atom stereocenters. The Morgan fingerprint density at radius 3 is 1.90 bits per heavy atom. The van der Waals surface area contributed by atoms with E-state index in [4.69, 9.17) is 0 Å². The standard InChI is InChI=1S/C22H35N3O4/c1-5-9-11-16(7-3)21(26)23-18-13-14-20(25(28)29)19(15-18)24-22(27)17(8-4)12-10-6-2/h13-17H,5-12H2,1-4H3,(H,23,26)(H,24,27)/t16-,17-/m1/s1. The summed E-state index contributed by atoms with van der Waals surface area (Å²) in [5, 5.41) is 16.9. The van der Waals surface area contributed by atoms with Crippen molar-refractivity contribution in [3.63, 3.8) is 0 Å². The highest BCUT2D eigenvalue weighted by Crippen LogP contribution is 2.29. The Morgan fingerprint density at radius 1 is 0.931 bits per heavy atom. The van der Waals surface area contributed by atoms with Gasteiger partial charge in [0.2, 0.25) is 11.8 Å². The van der Waals surface area contributed by atoms with Gasteiger partial charge in [-0.1, -0.05) is 53.4 Å². The van der Waals surface area contributed by atoms with Gasteiger partial charge in [-0.05, 0) is 37.8 Å². The molecule has 0 aliphatic heterocycles. The van der Waals surface area contributed by atoms with E-state index in [2.05, 4.69) is 24.5 Å². The minimum atomic E-state index is -0.524. The van der Waals surface area contributed by atoms with Gasteiger partial charge >= 0.3 is 0 Å².